The summed E-state index contributed by atoms with van der Waals surface area (Å²) in [6, 6.07) is 0.385. The predicted octanol–water partition coefficient (Wildman–Crippen LogP) is 2.95. The zero-order chi connectivity index (χ0) is 14.8. The van der Waals surface area contributed by atoms with E-state index in [4.69, 9.17) is 4.74 Å². The molecule has 2 rings (SSSR count). The summed E-state index contributed by atoms with van der Waals surface area (Å²) in [6.45, 7) is 8.47. The number of rotatable bonds is 4. The molecule has 0 saturated heterocycles. The third-order valence-corrected chi connectivity index (χ3v) is 4.04. The van der Waals surface area contributed by atoms with Crippen LogP contribution in [0.1, 0.15) is 56.1 Å². The standard InChI is InChI=1S/C15H23N3O2/c1-5-20-13(19)11-9-16-14(17-10(11)2)18-12-7-6-8-15(12,3)4/h9,12H,5-8H2,1-4H3,(H,16,17,18). The van der Waals surface area contributed by atoms with Crippen LogP contribution >= 0.6 is 0 Å². The SMILES string of the molecule is CCOC(=O)c1cnc(NC2CCCC2(C)C)nc1C. The Labute approximate surface area is 120 Å². The van der Waals surface area contributed by atoms with Gasteiger partial charge in [0.15, 0.2) is 0 Å². The molecule has 1 aromatic rings. The molecule has 5 nitrogen and oxygen atoms in total. The van der Waals surface area contributed by atoms with Crippen LogP contribution in [0.3, 0.4) is 0 Å². The Bertz CT molecular complexity index is 500. The number of hydrogen-bond acceptors (Lipinski definition) is 5. The molecular weight excluding hydrogens is 254 g/mol. The highest BCUT2D eigenvalue weighted by molar-refractivity contribution is 5.90. The fraction of sp³-hybridized carbons (Fsp3) is 0.667. The van der Waals surface area contributed by atoms with Crippen LogP contribution in [0.15, 0.2) is 6.20 Å². The zero-order valence-corrected chi connectivity index (χ0v) is 12.7. The molecule has 1 saturated carbocycles. The van der Waals surface area contributed by atoms with E-state index in [1.807, 2.05) is 0 Å². The van der Waals surface area contributed by atoms with Crippen LogP contribution in [0, 0.1) is 12.3 Å². The smallest absolute Gasteiger partial charge is 0.341 e. The highest BCUT2D eigenvalue weighted by Crippen LogP contribution is 2.38. The number of aromatic nitrogens is 2. The number of nitrogens with zero attached hydrogens (tertiary/aromatic N) is 2. The van der Waals surface area contributed by atoms with Gasteiger partial charge in [0, 0.05) is 12.2 Å². The van der Waals surface area contributed by atoms with Crippen LogP contribution in [0.2, 0.25) is 0 Å². The number of hydrogen-bond donors (Lipinski definition) is 1. The van der Waals surface area contributed by atoms with Crippen molar-refractivity contribution in [2.45, 2.75) is 53.0 Å². The van der Waals surface area contributed by atoms with Crippen molar-refractivity contribution >= 4 is 11.9 Å². The molecule has 5 heteroatoms. The van der Waals surface area contributed by atoms with Crippen molar-refractivity contribution in [3.63, 3.8) is 0 Å². The minimum atomic E-state index is -0.363. The average Bonchev–Trinajstić information content (AvgIpc) is 2.69. The molecule has 1 N–H and O–H groups in total. The number of ether oxygens (including phenoxy) is 1. The summed E-state index contributed by atoms with van der Waals surface area (Å²) in [4.78, 5) is 20.3. The van der Waals surface area contributed by atoms with Crippen molar-refractivity contribution in [2.24, 2.45) is 5.41 Å². The third-order valence-electron chi connectivity index (χ3n) is 4.04. The van der Waals surface area contributed by atoms with Gasteiger partial charge in [-0.3, -0.25) is 0 Å². The fourth-order valence-electron chi connectivity index (χ4n) is 2.70. The monoisotopic (exact) mass is 277 g/mol. The van der Waals surface area contributed by atoms with Gasteiger partial charge in [-0.05, 0) is 32.1 Å². The van der Waals surface area contributed by atoms with Gasteiger partial charge in [-0.15, -0.1) is 0 Å². The van der Waals surface area contributed by atoms with Crippen molar-refractivity contribution in [2.75, 3.05) is 11.9 Å². The number of carbonyl (C=O) groups excluding carboxylic acids is 1. The van der Waals surface area contributed by atoms with Crippen molar-refractivity contribution in [3.8, 4) is 0 Å². The number of carbonyl (C=O) groups is 1. The zero-order valence-electron chi connectivity index (χ0n) is 12.7. The summed E-state index contributed by atoms with van der Waals surface area (Å²) < 4.78 is 4.98. The van der Waals surface area contributed by atoms with Crippen molar-refractivity contribution in [3.05, 3.63) is 17.5 Å². The first-order valence-corrected chi connectivity index (χ1v) is 7.21. The summed E-state index contributed by atoms with van der Waals surface area (Å²) in [5, 5.41) is 3.40. The number of nitrogens with one attached hydrogen (secondary N) is 1. The molecule has 0 aromatic carbocycles. The second-order valence-electron chi connectivity index (χ2n) is 5.99. The molecule has 110 valence electrons. The molecule has 1 aliphatic carbocycles. The van der Waals surface area contributed by atoms with Gasteiger partial charge in [0.25, 0.3) is 0 Å². The molecule has 1 fully saturated rings. The van der Waals surface area contributed by atoms with E-state index < -0.39 is 0 Å². The molecule has 0 spiro atoms. The normalized spacial score (nSPS) is 20.7. The highest BCUT2D eigenvalue weighted by Gasteiger charge is 2.34. The molecule has 1 unspecified atom stereocenters. The molecule has 1 heterocycles. The van der Waals surface area contributed by atoms with Crippen LogP contribution in [-0.2, 0) is 4.74 Å². The van der Waals surface area contributed by atoms with Crippen molar-refractivity contribution < 1.29 is 9.53 Å². The van der Waals surface area contributed by atoms with Crippen LogP contribution in [-0.4, -0.2) is 28.6 Å². The van der Waals surface area contributed by atoms with Gasteiger partial charge in [0.05, 0.1) is 17.9 Å². The number of esters is 1. The van der Waals surface area contributed by atoms with E-state index in [9.17, 15) is 4.79 Å². The van der Waals surface area contributed by atoms with E-state index in [0.717, 1.165) is 6.42 Å². The van der Waals surface area contributed by atoms with Gasteiger partial charge in [-0.2, -0.15) is 0 Å². The average molecular weight is 277 g/mol. The number of aryl methyl sites for hydroxylation is 1. The Hall–Kier alpha value is -1.65. The van der Waals surface area contributed by atoms with E-state index >= 15 is 0 Å². The first kappa shape index (κ1) is 14.8. The maximum absolute atomic E-state index is 11.7. The lowest BCUT2D eigenvalue weighted by Crippen LogP contribution is -2.31. The lowest BCUT2D eigenvalue weighted by molar-refractivity contribution is 0.0524. The molecule has 0 aliphatic heterocycles. The van der Waals surface area contributed by atoms with E-state index in [-0.39, 0.29) is 11.4 Å². The van der Waals surface area contributed by atoms with Crippen LogP contribution in [0.5, 0.6) is 0 Å². The van der Waals surface area contributed by atoms with Crippen LogP contribution in [0.25, 0.3) is 0 Å². The predicted molar refractivity (Wildman–Crippen MR) is 77.8 cm³/mol. The number of anilines is 1. The minimum absolute atomic E-state index is 0.261. The largest absolute Gasteiger partial charge is 0.462 e. The van der Waals surface area contributed by atoms with Gasteiger partial charge in [0.2, 0.25) is 5.95 Å². The van der Waals surface area contributed by atoms with Gasteiger partial charge < -0.3 is 10.1 Å². The second kappa shape index (κ2) is 5.77. The first-order valence-electron chi connectivity index (χ1n) is 7.21. The molecule has 1 aromatic heterocycles. The first-order chi connectivity index (χ1) is 9.44. The van der Waals surface area contributed by atoms with Crippen LogP contribution < -0.4 is 5.32 Å². The Morgan fingerprint density at radius 3 is 2.85 bits per heavy atom. The molecule has 20 heavy (non-hydrogen) atoms. The van der Waals surface area contributed by atoms with Crippen molar-refractivity contribution in [1.29, 1.82) is 0 Å². The van der Waals surface area contributed by atoms with E-state index in [1.165, 1.54) is 12.8 Å². The quantitative estimate of drug-likeness (QED) is 0.857. The Balaban J connectivity index is 2.11. The molecule has 1 aliphatic rings. The summed E-state index contributed by atoms with van der Waals surface area (Å²) >= 11 is 0. The van der Waals surface area contributed by atoms with E-state index in [1.54, 1.807) is 20.0 Å². The van der Waals surface area contributed by atoms with Crippen molar-refractivity contribution in [1.82, 2.24) is 9.97 Å². The minimum Gasteiger partial charge on any atom is -0.462 e. The van der Waals surface area contributed by atoms with E-state index in [0.29, 0.717) is 29.9 Å². The van der Waals surface area contributed by atoms with Gasteiger partial charge in [-0.1, -0.05) is 20.3 Å². The Morgan fingerprint density at radius 2 is 2.30 bits per heavy atom. The highest BCUT2D eigenvalue weighted by atomic mass is 16.5. The molecule has 0 bridgehead atoms. The molecular formula is C15H23N3O2. The summed E-state index contributed by atoms with van der Waals surface area (Å²) in [5.41, 5.74) is 1.34. The topological polar surface area (TPSA) is 64.1 Å². The van der Waals surface area contributed by atoms with Gasteiger partial charge >= 0.3 is 5.97 Å². The summed E-state index contributed by atoms with van der Waals surface area (Å²) in [7, 11) is 0. The van der Waals surface area contributed by atoms with Crippen LogP contribution in [0.4, 0.5) is 5.95 Å². The maximum Gasteiger partial charge on any atom is 0.341 e. The summed E-state index contributed by atoms with van der Waals surface area (Å²) in [5.74, 6) is 0.230. The van der Waals surface area contributed by atoms with Gasteiger partial charge in [-0.25, -0.2) is 14.8 Å². The second-order valence-corrected chi connectivity index (χ2v) is 5.99. The lowest BCUT2D eigenvalue weighted by atomic mass is 9.87. The lowest BCUT2D eigenvalue weighted by Gasteiger charge is -2.27. The molecule has 0 amide bonds. The molecule has 0 radical (unpaired) electrons. The summed E-state index contributed by atoms with van der Waals surface area (Å²) in [6.07, 6.45) is 5.12. The fourth-order valence-corrected chi connectivity index (χ4v) is 2.70. The van der Waals surface area contributed by atoms with Gasteiger partial charge in [0.1, 0.15) is 0 Å². The molecule has 1 atom stereocenters. The Kier molecular flexibility index (Phi) is 4.26. The Morgan fingerprint density at radius 1 is 1.55 bits per heavy atom. The van der Waals surface area contributed by atoms with E-state index in [2.05, 4.69) is 29.1 Å². The maximum atomic E-state index is 11.7. The third kappa shape index (κ3) is 3.08.